The lowest BCUT2D eigenvalue weighted by molar-refractivity contribution is 0.219. The third-order valence-corrected chi connectivity index (χ3v) is 5.51. The predicted octanol–water partition coefficient (Wildman–Crippen LogP) is 5.98. The highest BCUT2D eigenvalue weighted by molar-refractivity contribution is 7.53. The lowest BCUT2D eigenvalue weighted by Crippen LogP contribution is -1.99. The SMILES string of the molecule is CCCCC(C)C=Nc1ccc(CP(=O)(OCC)OCC)cc1. The van der Waals surface area contributed by atoms with E-state index in [1.165, 1.54) is 19.3 Å². The molecule has 0 bridgehead atoms. The van der Waals surface area contributed by atoms with Crippen molar-refractivity contribution < 1.29 is 13.6 Å². The Kier molecular flexibility index (Phi) is 9.39. The molecular formula is C18H30NO3P. The second-order valence-electron chi connectivity index (χ2n) is 5.67. The van der Waals surface area contributed by atoms with Gasteiger partial charge in [0.05, 0.1) is 25.1 Å². The summed E-state index contributed by atoms with van der Waals surface area (Å²) in [6.07, 6.45) is 5.92. The molecule has 0 spiro atoms. The molecule has 0 N–H and O–H groups in total. The van der Waals surface area contributed by atoms with Gasteiger partial charge in [0.1, 0.15) is 0 Å². The van der Waals surface area contributed by atoms with Crippen LogP contribution in [-0.4, -0.2) is 19.4 Å². The summed E-state index contributed by atoms with van der Waals surface area (Å²) >= 11 is 0. The first kappa shape index (κ1) is 20.1. The van der Waals surface area contributed by atoms with Gasteiger partial charge in [-0.05, 0) is 43.9 Å². The van der Waals surface area contributed by atoms with E-state index in [0.29, 0.717) is 25.3 Å². The van der Waals surface area contributed by atoms with Crippen molar-refractivity contribution in [3.63, 3.8) is 0 Å². The minimum atomic E-state index is -3.04. The molecule has 0 fully saturated rings. The first-order valence-electron chi connectivity index (χ1n) is 8.54. The van der Waals surface area contributed by atoms with Gasteiger partial charge in [0.2, 0.25) is 0 Å². The summed E-state index contributed by atoms with van der Waals surface area (Å²) in [5.41, 5.74) is 1.85. The molecule has 0 amide bonds. The summed E-state index contributed by atoms with van der Waals surface area (Å²) < 4.78 is 23.2. The molecule has 0 aromatic heterocycles. The van der Waals surface area contributed by atoms with E-state index in [0.717, 1.165) is 11.3 Å². The zero-order chi connectivity index (χ0) is 17.1. The maximum Gasteiger partial charge on any atom is 0.335 e. The van der Waals surface area contributed by atoms with E-state index in [-0.39, 0.29) is 0 Å². The zero-order valence-electron chi connectivity index (χ0n) is 14.8. The van der Waals surface area contributed by atoms with Crippen LogP contribution in [0.25, 0.3) is 0 Å². The molecule has 0 heterocycles. The van der Waals surface area contributed by atoms with Crippen molar-refractivity contribution in [1.82, 2.24) is 0 Å². The van der Waals surface area contributed by atoms with Crippen LogP contribution in [0.5, 0.6) is 0 Å². The molecule has 0 aliphatic rings. The van der Waals surface area contributed by atoms with Crippen LogP contribution in [0.15, 0.2) is 29.3 Å². The van der Waals surface area contributed by atoms with Crippen molar-refractivity contribution >= 4 is 19.5 Å². The van der Waals surface area contributed by atoms with Crippen LogP contribution in [0, 0.1) is 5.92 Å². The number of hydrogen-bond acceptors (Lipinski definition) is 4. The third kappa shape index (κ3) is 7.92. The standard InChI is InChI=1S/C18H30NO3P/c1-5-8-9-16(4)14-19-18-12-10-17(11-13-18)15-23(20,21-6-2)22-7-3/h10-14,16H,5-9,15H2,1-4H3. The Morgan fingerprint density at radius 2 is 1.74 bits per heavy atom. The molecule has 1 rings (SSSR count). The number of aliphatic imine (C=N–C) groups is 1. The first-order valence-corrected chi connectivity index (χ1v) is 10.3. The number of rotatable bonds is 11. The molecule has 130 valence electrons. The smallest absolute Gasteiger partial charge is 0.309 e. The molecule has 0 radical (unpaired) electrons. The van der Waals surface area contributed by atoms with Crippen LogP contribution in [0.2, 0.25) is 0 Å². The van der Waals surface area contributed by atoms with Gasteiger partial charge in [-0.25, -0.2) is 0 Å². The average Bonchev–Trinajstić information content (AvgIpc) is 2.52. The van der Waals surface area contributed by atoms with Crippen LogP contribution in [0.4, 0.5) is 5.69 Å². The van der Waals surface area contributed by atoms with Crippen LogP contribution in [-0.2, 0) is 19.8 Å². The quantitative estimate of drug-likeness (QED) is 0.368. The number of hydrogen-bond donors (Lipinski definition) is 0. The summed E-state index contributed by atoms with van der Waals surface area (Å²) in [5.74, 6) is 0.491. The maximum atomic E-state index is 12.5. The predicted molar refractivity (Wildman–Crippen MR) is 97.8 cm³/mol. The average molecular weight is 339 g/mol. The molecule has 4 nitrogen and oxygen atoms in total. The lowest BCUT2D eigenvalue weighted by Gasteiger charge is -2.16. The van der Waals surface area contributed by atoms with E-state index in [2.05, 4.69) is 18.8 Å². The van der Waals surface area contributed by atoms with Gasteiger partial charge < -0.3 is 9.05 Å². The van der Waals surface area contributed by atoms with Crippen molar-refractivity contribution in [2.75, 3.05) is 13.2 Å². The first-order chi connectivity index (χ1) is 11.0. The zero-order valence-corrected chi connectivity index (χ0v) is 15.7. The largest absolute Gasteiger partial charge is 0.335 e. The van der Waals surface area contributed by atoms with Gasteiger partial charge >= 0.3 is 7.60 Å². The Labute approximate surface area is 140 Å². The second-order valence-corrected chi connectivity index (χ2v) is 7.72. The summed E-state index contributed by atoms with van der Waals surface area (Å²) in [7, 11) is -3.04. The van der Waals surface area contributed by atoms with Crippen molar-refractivity contribution in [2.45, 2.75) is 53.1 Å². The Morgan fingerprint density at radius 3 is 2.26 bits per heavy atom. The highest BCUT2D eigenvalue weighted by Gasteiger charge is 2.23. The highest BCUT2D eigenvalue weighted by atomic mass is 31.2. The van der Waals surface area contributed by atoms with E-state index >= 15 is 0 Å². The fraction of sp³-hybridized carbons (Fsp3) is 0.611. The van der Waals surface area contributed by atoms with Gasteiger partial charge in [0, 0.05) is 6.21 Å². The van der Waals surface area contributed by atoms with E-state index < -0.39 is 7.60 Å². The molecule has 1 aromatic rings. The second kappa shape index (κ2) is 10.7. The van der Waals surface area contributed by atoms with E-state index in [4.69, 9.17) is 9.05 Å². The Hall–Kier alpha value is -0.960. The van der Waals surface area contributed by atoms with E-state index in [9.17, 15) is 4.57 Å². The fourth-order valence-electron chi connectivity index (χ4n) is 2.25. The molecule has 5 heteroatoms. The normalized spacial score (nSPS) is 13.6. The minimum Gasteiger partial charge on any atom is -0.309 e. The molecule has 1 aromatic carbocycles. The van der Waals surface area contributed by atoms with E-state index in [1.807, 2.05) is 44.3 Å². The Bertz CT molecular complexity index is 504. The Balaban J connectivity index is 2.65. The summed E-state index contributed by atoms with van der Waals surface area (Å²) in [6, 6.07) is 7.77. The maximum absolute atomic E-state index is 12.5. The number of unbranched alkanes of at least 4 members (excludes halogenated alkanes) is 1. The van der Waals surface area contributed by atoms with Gasteiger partial charge in [-0.15, -0.1) is 0 Å². The molecule has 1 unspecified atom stereocenters. The molecule has 1 atom stereocenters. The monoisotopic (exact) mass is 339 g/mol. The highest BCUT2D eigenvalue weighted by Crippen LogP contribution is 2.51. The van der Waals surface area contributed by atoms with Gasteiger partial charge in [0.25, 0.3) is 0 Å². The van der Waals surface area contributed by atoms with Crippen LogP contribution in [0.3, 0.4) is 0 Å². The molecule has 0 saturated heterocycles. The molecule has 0 aliphatic carbocycles. The molecule has 0 aliphatic heterocycles. The van der Waals surface area contributed by atoms with Crippen molar-refractivity contribution in [2.24, 2.45) is 10.9 Å². The number of benzene rings is 1. The molecular weight excluding hydrogens is 309 g/mol. The van der Waals surface area contributed by atoms with Gasteiger partial charge in [-0.2, -0.15) is 0 Å². The van der Waals surface area contributed by atoms with Crippen molar-refractivity contribution in [1.29, 1.82) is 0 Å². The van der Waals surface area contributed by atoms with Crippen molar-refractivity contribution in [3.05, 3.63) is 29.8 Å². The van der Waals surface area contributed by atoms with Crippen molar-refractivity contribution in [3.8, 4) is 0 Å². The van der Waals surface area contributed by atoms with Gasteiger partial charge in [0.15, 0.2) is 0 Å². The van der Waals surface area contributed by atoms with E-state index in [1.54, 1.807) is 0 Å². The minimum absolute atomic E-state index is 0.297. The summed E-state index contributed by atoms with van der Waals surface area (Å²) in [4.78, 5) is 4.51. The summed E-state index contributed by atoms with van der Waals surface area (Å²) in [5, 5.41) is 0. The van der Waals surface area contributed by atoms with Crippen LogP contribution >= 0.6 is 7.60 Å². The fourth-order valence-corrected chi connectivity index (χ4v) is 3.95. The third-order valence-electron chi connectivity index (χ3n) is 3.46. The molecule has 0 saturated carbocycles. The Morgan fingerprint density at radius 1 is 1.13 bits per heavy atom. The van der Waals surface area contributed by atoms with Crippen LogP contribution < -0.4 is 0 Å². The topological polar surface area (TPSA) is 47.9 Å². The van der Waals surface area contributed by atoms with Crippen LogP contribution in [0.1, 0.15) is 52.5 Å². The van der Waals surface area contributed by atoms with Gasteiger partial charge in [-0.1, -0.05) is 38.8 Å². The summed E-state index contributed by atoms with van der Waals surface area (Å²) in [6.45, 7) is 8.80. The van der Waals surface area contributed by atoms with Gasteiger partial charge in [-0.3, -0.25) is 9.56 Å². The number of nitrogens with zero attached hydrogens (tertiary/aromatic N) is 1. The molecule has 23 heavy (non-hydrogen) atoms. The lowest BCUT2D eigenvalue weighted by atomic mass is 10.1.